The maximum absolute atomic E-state index is 5.90. The minimum atomic E-state index is 0.229. The van der Waals surface area contributed by atoms with Crippen molar-refractivity contribution in [3.05, 3.63) is 34.9 Å². The molecule has 1 aromatic rings. The highest BCUT2D eigenvalue weighted by atomic mass is 35.5. The van der Waals surface area contributed by atoms with Crippen LogP contribution in [0.2, 0.25) is 0 Å². The van der Waals surface area contributed by atoms with E-state index in [0.717, 1.165) is 6.42 Å². The summed E-state index contributed by atoms with van der Waals surface area (Å²) < 4.78 is 0. The molecule has 1 rings (SSSR count). The van der Waals surface area contributed by atoms with Gasteiger partial charge in [-0.15, -0.1) is 11.6 Å². The molecule has 0 unspecified atom stereocenters. The van der Waals surface area contributed by atoms with Gasteiger partial charge >= 0.3 is 0 Å². The van der Waals surface area contributed by atoms with Crippen molar-refractivity contribution in [2.45, 2.75) is 32.6 Å². The third kappa shape index (κ3) is 2.53. The van der Waals surface area contributed by atoms with Crippen LogP contribution in [0.5, 0.6) is 0 Å². The highest BCUT2D eigenvalue weighted by Crippen LogP contribution is 2.13. The molecule has 66 valence electrons. The molecule has 1 atom stereocenters. The SMILES string of the molecule is Cc1ccc(C[C@@H](C)Cl)cc1C. The zero-order valence-corrected chi connectivity index (χ0v) is 8.65. The van der Waals surface area contributed by atoms with Gasteiger partial charge in [-0.2, -0.15) is 0 Å². The van der Waals surface area contributed by atoms with Crippen molar-refractivity contribution in [3.63, 3.8) is 0 Å². The first-order chi connectivity index (χ1) is 5.59. The van der Waals surface area contributed by atoms with Crippen LogP contribution in [-0.4, -0.2) is 5.38 Å². The maximum Gasteiger partial charge on any atom is 0.0348 e. The molecular weight excluding hydrogens is 168 g/mol. The smallest absolute Gasteiger partial charge is 0.0348 e. The number of benzene rings is 1. The summed E-state index contributed by atoms with van der Waals surface area (Å²) in [6.07, 6.45) is 0.961. The molecule has 1 aromatic carbocycles. The lowest BCUT2D eigenvalue weighted by Gasteiger charge is -2.05. The topological polar surface area (TPSA) is 0 Å². The summed E-state index contributed by atoms with van der Waals surface area (Å²) in [5.41, 5.74) is 4.03. The molecule has 0 aliphatic heterocycles. The molecule has 0 heterocycles. The molecule has 0 amide bonds. The Morgan fingerprint density at radius 1 is 1.25 bits per heavy atom. The first-order valence-corrected chi connectivity index (χ1v) is 4.73. The molecule has 1 heteroatoms. The minimum absolute atomic E-state index is 0.229. The zero-order chi connectivity index (χ0) is 9.14. The monoisotopic (exact) mass is 182 g/mol. The van der Waals surface area contributed by atoms with Crippen molar-refractivity contribution in [1.29, 1.82) is 0 Å². The Labute approximate surface area is 79.6 Å². The van der Waals surface area contributed by atoms with Gasteiger partial charge in [-0.1, -0.05) is 18.2 Å². The minimum Gasteiger partial charge on any atom is -0.123 e. The van der Waals surface area contributed by atoms with E-state index < -0.39 is 0 Å². The van der Waals surface area contributed by atoms with Gasteiger partial charge in [0.2, 0.25) is 0 Å². The summed E-state index contributed by atoms with van der Waals surface area (Å²) in [6.45, 7) is 6.29. The average Bonchev–Trinajstić information content (AvgIpc) is 1.96. The van der Waals surface area contributed by atoms with Crippen LogP contribution < -0.4 is 0 Å². The average molecular weight is 183 g/mol. The molecule has 0 fully saturated rings. The van der Waals surface area contributed by atoms with Gasteiger partial charge < -0.3 is 0 Å². The number of hydrogen-bond acceptors (Lipinski definition) is 0. The molecule has 0 aliphatic carbocycles. The van der Waals surface area contributed by atoms with Crippen LogP contribution in [0, 0.1) is 13.8 Å². The fourth-order valence-electron chi connectivity index (χ4n) is 1.26. The molecule has 0 aromatic heterocycles. The zero-order valence-electron chi connectivity index (χ0n) is 7.89. The van der Waals surface area contributed by atoms with E-state index in [4.69, 9.17) is 11.6 Å². The van der Waals surface area contributed by atoms with E-state index in [0.29, 0.717) is 0 Å². The van der Waals surface area contributed by atoms with Crippen LogP contribution >= 0.6 is 11.6 Å². The third-order valence-electron chi connectivity index (χ3n) is 2.09. The second-order valence-corrected chi connectivity index (χ2v) is 4.15. The standard InChI is InChI=1S/C11H15Cl/c1-8-4-5-11(6-9(8)2)7-10(3)12/h4-6,10H,7H2,1-3H3/t10-/m1/s1. The van der Waals surface area contributed by atoms with Crippen LogP contribution in [0.4, 0.5) is 0 Å². The quantitative estimate of drug-likeness (QED) is 0.615. The Hall–Kier alpha value is -0.490. The predicted octanol–water partition coefficient (Wildman–Crippen LogP) is 3.47. The molecule has 0 aliphatic rings. The second kappa shape index (κ2) is 3.95. The number of rotatable bonds is 2. The van der Waals surface area contributed by atoms with Crippen molar-refractivity contribution in [2.24, 2.45) is 0 Å². The van der Waals surface area contributed by atoms with Crippen LogP contribution in [0.15, 0.2) is 18.2 Å². The Bertz CT molecular complexity index is 264. The van der Waals surface area contributed by atoms with Crippen molar-refractivity contribution in [3.8, 4) is 0 Å². The molecule has 0 N–H and O–H groups in total. The highest BCUT2D eigenvalue weighted by Gasteiger charge is 2.00. The van der Waals surface area contributed by atoms with Crippen LogP contribution in [0.3, 0.4) is 0 Å². The van der Waals surface area contributed by atoms with Gasteiger partial charge in [-0.3, -0.25) is 0 Å². The van der Waals surface area contributed by atoms with Gasteiger partial charge in [-0.05, 0) is 43.9 Å². The van der Waals surface area contributed by atoms with Crippen molar-refractivity contribution >= 4 is 11.6 Å². The number of aryl methyl sites for hydroxylation is 2. The van der Waals surface area contributed by atoms with Crippen LogP contribution in [0.1, 0.15) is 23.6 Å². The van der Waals surface area contributed by atoms with E-state index in [1.807, 2.05) is 6.92 Å². The Balaban J connectivity index is 2.82. The van der Waals surface area contributed by atoms with Gasteiger partial charge in [-0.25, -0.2) is 0 Å². The Morgan fingerprint density at radius 2 is 1.92 bits per heavy atom. The van der Waals surface area contributed by atoms with Gasteiger partial charge in [0, 0.05) is 5.38 Å². The van der Waals surface area contributed by atoms with Gasteiger partial charge in [0.15, 0.2) is 0 Å². The molecule has 0 saturated heterocycles. The fraction of sp³-hybridized carbons (Fsp3) is 0.455. The van der Waals surface area contributed by atoms with Crippen LogP contribution in [0.25, 0.3) is 0 Å². The molecular formula is C11H15Cl. The van der Waals surface area contributed by atoms with E-state index in [-0.39, 0.29) is 5.38 Å². The second-order valence-electron chi connectivity index (χ2n) is 3.40. The summed E-state index contributed by atoms with van der Waals surface area (Å²) in [6, 6.07) is 6.53. The lowest BCUT2D eigenvalue weighted by Crippen LogP contribution is -1.97. The van der Waals surface area contributed by atoms with Crippen molar-refractivity contribution in [1.82, 2.24) is 0 Å². The number of alkyl halides is 1. The molecule has 0 spiro atoms. The summed E-state index contributed by atoms with van der Waals surface area (Å²) in [5, 5.41) is 0.229. The molecule has 0 saturated carbocycles. The highest BCUT2D eigenvalue weighted by molar-refractivity contribution is 6.20. The van der Waals surface area contributed by atoms with E-state index in [9.17, 15) is 0 Å². The lowest BCUT2D eigenvalue weighted by molar-refractivity contribution is 0.928. The van der Waals surface area contributed by atoms with Crippen molar-refractivity contribution in [2.75, 3.05) is 0 Å². The third-order valence-corrected chi connectivity index (χ3v) is 2.24. The Kier molecular flexibility index (Phi) is 3.16. The molecule has 12 heavy (non-hydrogen) atoms. The first kappa shape index (κ1) is 9.60. The van der Waals surface area contributed by atoms with Crippen LogP contribution in [-0.2, 0) is 6.42 Å². The normalized spacial score (nSPS) is 13.0. The maximum atomic E-state index is 5.90. The summed E-state index contributed by atoms with van der Waals surface area (Å²) >= 11 is 5.90. The summed E-state index contributed by atoms with van der Waals surface area (Å²) in [7, 11) is 0. The molecule has 0 radical (unpaired) electrons. The van der Waals surface area contributed by atoms with Gasteiger partial charge in [0.25, 0.3) is 0 Å². The van der Waals surface area contributed by atoms with Gasteiger partial charge in [0.1, 0.15) is 0 Å². The predicted molar refractivity (Wildman–Crippen MR) is 54.9 cm³/mol. The molecule has 0 nitrogen and oxygen atoms in total. The number of hydrogen-bond donors (Lipinski definition) is 0. The van der Waals surface area contributed by atoms with E-state index >= 15 is 0 Å². The lowest BCUT2D eigenvalue weighted by atomic mass is 10.0. The fourth-order valence-corrected chi connectivity index (χ4v) is 1.43. The van der Waals surface area contributed by atoms with Crippen molar-refractivity contribution < 1.29 is 0 Å². The van der Waals surface area contributed by atoms with E-state index in [1.165, 1.54) is 16.7 Å². The Morgan fingerprint density at radius 3 is 2.42 bits per heavy atom. The first-order valence-electron chi connectivity index (χ1n) is 4.30. The van der Waals surface area contributed by atoms with Gasteiger partial charge in [0.05, 0.1) is 0 Å². The molecule has 0 bridgehead atoms. The van der Waals surface area contributed by atoms with E-state index in [1.54, 1.807) is 0 Å². The summed E-state index contributed by atoms with van der Waals surface area (Å²) in [5.74, 6) is 0. The van der Waals surface area contributed by atoms with E-state index in [2.05, 4.69) is 32.0 Å². The summed E-state index contributed by atoms with van der Waals surface area (Å²) in [4.78, 5) is 0. The largest absolute Gasteiger partial charge is 0.123 e. The number of halogens is 1.